The fourth-order valence-corrected chi connectivity index (χ4v) is 6.33. The minimum Gasteiger partial charge on any atom is -0.457 e. The fraction of sp³-hybridized carbons (Fsp3) is 0.791. The Kier molecular flexibility index (Phi) is 28.5. The van der Waals surface area contributed by atoms with E-state index in [4.69, 9.17) is 28.4 Å². The molecule has 2 fully saturated rings. The molecule has 0 bridgehead atoms. The van der Waals surface area contributed by atoms with Crippen LogP contribution in [0.3, 0.4) is 0 Å². The van der Waals surface area contributed by atoms with Gasteiger partial charge in [0.25, 0.3) is 0 Å². The Bertz CT molecular complexity index is 1130. The lowest BCUT2D eigenvalue weighted by Crippen LogP contribution is -2.61. The summed E-state index contributed by atoms with van der Waals surface area (Å²) in [4.78, 5) is 12.9. The first kappa shape index (κ1) is 51.1. The van der Waals surface area contributed by atoms with Crippen molar-refractivity contribution in [1.29, 1.82) is 0 Å². The van der Waals surface area contributed by atoms with Gasteiger partial charge in [-0.2, -0.15) is 0 Å². The summed E-state index contributed by atoms with van der Waals surface area (Å²) >= 11 is 0. The quantitative estimate of drug-likeness (QED) is 0.0299. The molecule has 0 saturated carbocycles. The molecule has 0 aromatic heterocycles. The van der Waals surface area contributed by atoms with E-state index in [1.54, 1.807) is 0 Å². The summed E-state index contributed by atoms with van der Waals surface area (Å²) in [7, 11) is 0. The van der Waals surface area contributed by atoms with Crippen molar-refractivity contribution in [2.75, 3.05) is 33.0 Å². The second-order valence-electron chi connectivity index (χ2n) is 14.8. The number of hydrogen-bond acceptors (Lipinski definition) is 14. The average Bonchev–Trinajstić information content (AvgIpc) is 3.20. The Morgan fingerprint density at radius 3 is 1.75 bits per heavy atom. The van der Waals surface area contributed by atoms with Crippen molar-refractivity contribution >= 4 is 5.97 Å². The predicted molar refractivity (Wildman–Crippen MR) is 215 cm³/mol. The van der Waals surface area contributed by atoms with Gasteiger partial charge >= 0.3 is 5.97 Å². The van der Waals surface area contributed by atoms with Crippen molar-refractivity contribution in [3.05, 3.63) is 48.6 Å². The molecule has 2 heterocycles. The zero-order valence-corrected chi connectivity index (χ0v) is 34.3. The maximum atomic E-state index is 12.9. The third-order valence-corrected chi connectivity index (χ3v) is 9.85. The van der Waals surface area contributed by atoms with E-state index in [0.29, 0.717) is 13.0 Å². The lowest BCUT2D eigenvalue weighted by Gasteiger charge is -2.42. The molecule has 2 aliphatic rings. The van der Waals surface area contributed by atoms with E-state index in [-0.39, 0.29) is 19.6 Å². The standard InChI is InChI=1S/C43H74O14/c1-3-5-7-9-11-13-14-15-16-17-18-19-20-22-24-26-35(45)55-32(29-52-27-25-23-21-12-10-8-6-4-2)30-53-42-41(51)39(49)37(47)34(57-42)31-54-43-40(50)38(48)36(46)33(28-44)56-43/h5,7,11,13,15-16,18-19,32-34,36-44,46-51H,3-4,6,8-10,12,14,17,20-31H2,1-2H3/b7-5-,13-11-,16-15-,19-18-. The number of unbranched alkanes of at least 4 members (excludes halogenated alkanes) is 9. The van der Waals surface area contributed by atoms with Gasteiger partial charge in [-0.1, -0.05) is 107 Å². The summed E-state index contributed by atoms with van der Waals surface area (Å²) in [6.07, 6.45) is 16.3. The molecule has 0 aromatic rings. The average molecular weight is 815 g/mol. The summed E-state index contributed by atoms with van der Waals surface area (Å²) in [6.45, 7) is 3.45. The Balaban J connectivity index is 1.85. The van der Waals surface area contributed by atoms with E-state index in [0.717, 1.165) is 57.8 Å². The van der Waals surface area contributed by atoms with E-state index < -0.39 is 86.7 Å². The van der Waals surface area contributed by atoms with E-state index in [1.807, 2.05) is 0 Å². The van der Waals surface area contributed by atoms with Gasteiger partial charge in [-0.15, -0.1) is 0 Å². The van der Waals surface area contributed by atoms with Crippen LogP contribution < -0.4 is 0 Å². The lowest BCUT2D eigenvalue weighted by atomic mass is 9.98. The highest BCUT2D eigenvalue weighted by Crippen LogP contribution is 2.26. The van der Waals surface area contributed by atoms with Crippen molar-refractivity contribution in [1.82, 2.24) is 0 Å². The first-order chi connectivity index (χ1) is 27.6. The van der Waals surface area contributed by atoms with Gasteiger partial charge in [0.05, 0.1) is 26.4 Å². The number of rotatable bonds is 31. The zero-order valence-electron chi connectivity index (χ0n) is 34.3. The monoisotopic (exact) mass is 815 g/mol. The zero-order chi connectivity index (χ0) is 41.7. The number of hydrogen-bond donors (Lipinski definition) is 7. The molecule has 11 unspecified atom stereocenters. The second kappa shape index (κ2) is 31.8. The van der Waals surface area contributed by atoms with Gasteiger partial charge in [-0.05, 0) is 51.4 Å². The SMILES string of the molecule is CC/C=C\C/C=C\C/C=C\C/C=C\CCCCC(=O)OC(COCCCCCCCCCC)COC1OC(COC2OC(CO)C(O)C(O)C2O)C(O)C(O)C1O. The smallest absolute Gasteiger partial charge is 0.306 e. The number of carbonyl (C=O) groups excluding carboxylic acids is 1. The van der Waals surface area contributed by atoms with Gasteiger partial charge in [0, 0.05) is 13.0 Å². The Hall–Kier alpha value is -2.05. The summed E-state index contributed by atoms with van der Waals surface area (Å²) in [5, 5.41) is 71.7. The molecule has 7 N–H and O–H groups in total. The van der Waals surface area contributed by atoms with Crippen molar-refractivity contribution in [2.24, 2.45) is 0 Å². The van der Waals surface area contributed by atoms with Crippen LogP contribution in [0.25, 0.3) is 0 Å². The molecule has 2 rings (SSSR count). The number of allylic oxidation sites excluding steroid dienone is 8. The van der Waals surface area contributed by atoms with Crippen molar-refractivity contribution in [2.45, 2.75) is 184 Å². The molecule has 330 valence electrons. The summed E-state index contributed by atoms with van der Waals surface area (Å²) in [5.74, 6) is -0.421. The van der Waals surface area contributed by atoms with E-state index in [9.17, 15) is 40.5 Å². The van der Waals surface area contributed by atoms with Crippen LogP contribution in [0.4, 0.5) is 0 Å². The number of carbonyl (C=O) groups is 1. The summed E-state index contributed by atoms with van der Waals surface area (Å²) < 4.78 is 33.9. The summed E-state index contributed by atoms with van der Waals surface area (Å²) in [6, 6.07) is 0. The molecular weight excluding hydrogens is 740 g/mol. The van der Waals surface area contributed by atoms with Crippen LogP contribution in [0.15, 0.2) is 48.6 Å². The third-order valence-electron chi connectivity index (χ3n) is 9.85. The topological polar surface area (TPSA) is 214 Å². The predicted octanol–water partition coefficient (Wildman–Crippen LogP) is 4.06. The van der Waals surface area contributed by atoms with Crippen LogP contribution in [-0.2, 0) is 33.2 Å². The molecule has 14 heteroatoms. The van der Waals surface area contributed by atoms with Gasteiger partial charge in [-0.25, -0.2) is 0 Å². The molecule has 0 aliphatic carbocycles. The molecule has 0 spiro atoms. The minimum atomic E-state index is -1.71. The number of esters is 1. The molecule has 2 saturated heterocycles. The fourth-order valence-electron chi connectivity index (χ4n) is 6.33. The largest absolute Gasteiger partial charge is 0.457 e. The van der Waals surface area contributed by atoms with Crippen LogP contribution in [-0.4, -0.2) is 142 Å². The van der Waals surface area contributed by atoms with Crippen LogP contribution in [0.2, 0.25) is 0 Å². The van der Waals surface area contributed by atoms with Crippen molar-refractivity contribution in [3.63, 3.8) is 0 Å². The number of aliphatic hydroxyl groups is 7. The Morgan fingerprint density at radius 1 is 0.596 bits per heavy atom. The van der Waals surface area contributed by atoms with Gasteiger partial charge < -0.3 is 64.2 Å². The molecule has 11 atom stereocenters. The highest BCUT2D eigenvalue weighted by Gasteiger charge is 2.47. The van der Waals surface area contributed by atoms with Crippen LogP contribution in [0.1, 0.15) is 117 Å². The van der Waals surface area contributed by atoms with E-state index >= 15 is 0 Å². The lowest BCUT2D eigenvalue weighted by molar-refractivity contribution is -0.332. The highest BCUT2D eigenvalue weighted by atomic mass is 16.7. The third kappa shape index (κ3) is 21.2. The van der Waals surface area contributed by atoms with Gasteiger partial charge in [0.15, 0.2) is 12.6 Å². The van der Waals surface area contributed by atoms with Crippen LogP contribution in [0.5, 0.6) is 0 Å². The number of aliphatic hydroxyl groups excluding tert-OH is 7. The van der Waals surface area contributed by atoms with Gasteiger partial charge in [0.2, 0.25) is 0 Å². The van der Waals surface area contributed by atoms with Crippen molar-refractivity contribution in [3.8, 4) is 0 Å². The van der Waals surface area contributed by atoms with Gasteiger partial charge in [0.1, 0.15) is 54.9 Å². The first-order valence-corrected chi connectivity index (χ1v) is 21.2. The maximum absolute atomic E-state index is 12.9. The molecule has 0 radical (unpaired) electrons. The van der Waals surface area contributed by atoms with E-state index in [1.165, 1.54) is 32.1 Å². The Morgan fingerprint density at radius 2 is 1.14 bits per heavy atom. The maximum Gasteiger partial charge on any atom is 0.306 e. The van der Waals surface area contributed by atoms with Crippen LogP contribution >= 0.6 is 0 Å². The minimum absolute atomic E-state index is 0.0435. The molecule has 2 aliphatic heterocycles. The molecule has 57 heavy (non-hydrogen) atoms. The molecule has 0 amide bonds. The number of ether oxygens (including phenoxy) is 6. The van der Waals surface area contributed by atoms with E-state index in [2.05, 4.69) is 62.5 Å². The first-order valence-electron chi connectivity index (χ1n) is 21.2. The second-order valence-corrected chi connectivity index (χ2v) is 14.8. The van der Waals surface area contributed by atoms with Crippen LogP contribution in [0, 0.1) is 0 Å². The van der Waals surface area contributed by atoms with Gasteiger partial charge in [-0.3, -0.25) is 4.79 Å². The van der Waals surface area contributed by atoms with Crippen molar-refractivity contribution < 1.29 is 69.0 Å². The molecule has 0 aromatic carbocycles. The Labute approximate surface area is 340 Å². The molecule has 14 nitrogen and oxygen atoms in total. The highest BCUT2D eigenvalue weighted by molar-refractivity contribution is 5.69. The molecular formula is C43H74O14. The normalized spacial score (nSPS) is 29.0. The summed E-state index contributed by atoms with van der Waals surface area (Å²) in [5.41, 5.74) is 0.